The summed E-state index contributed by atoms with van der Waals surface area (Å²) in [4.78, 5) is 11.7. The van der Waals surface area contributed by atoms with Gasteiger partial charge in [0, 0.05) is 28.3 Å². The Morgan fingerprint density at radius 1 is 1.09 bits per heavy atom. The van der Waals surface area contributed by atoms with Crippen LogP contribution in [0.15, 0.2) is 36.4 Å². The summed E-state index contributed by atoms with van der Waals surface area (Å²) in [6.45, 7) is 0.789. The average molecular weight is 375 g/mol. The number of carbonyl (C=O) groups is 1. The molecule has 23 heavy (non-hydrogen) atoms. The first kappa shape index (κ1) is 17.7. The van der Waals surface area contributed by atoms with Crippen LogP contribution in [0.25, 0.3) is 0 Å². The Hall–Kier alpha value is -1.62. The molecule has 0 radical (unpaired) electrons. The third-order valence-electron chi connectivity index (χ3n) is 2.96. The van der Waals surface area contributed by atoms with Crippen LogP contribution >= 0.6 is 34.8 Å². The summed E-state index contributed by atoms with van der Waals surface area (Å²) in [5.74, 6) is 0.0408. The Balaban J connectivity index is 1.96. The number of benzene rings is 2. The van der Waals surface area contributed by atoms with Crippen molar-refractivity contribution in [3.05, 3.63) is 57.0 Å². The highest BCUT2D eigenvalue weighted by Gasteiger charge is 2.12. The fourth-order valence-electron chi connectivity index (χ4n) is 1.88. The van der Waals surface area contributed by atoms with E-state index >= 15 is 0 Å². The van der Waals surface area contributed by atoms with Gasteiger partial charge in [-0.2, -0.15) is 0 Å². The third-order valence-corrected chi connectivity index (χ3v) is 3.74. The van der Waals surface area contributed by atoms with E-state index < -0.39 is 5.97 Å². The molecule has 0 heterocycles. The van der Waals surface area contributed by atoms with E-state index in [-0.39, 0.29) is 0 Å². The van der Waals surface area contributed by atoms with E-state index in [1.54, 1.807) is 36.4 Å². The molecule has 0 saturated heterocycles. The SMILES string of the molecule is COC(=O)c1cc(Cl)ccc1NCCOc1cc(Cl)ccc1Cl. The highest BCUT2D eigenvalue weighted by molar-refractivity contribution is 6.34. The van der Waals surface area contributed by atoms with Gasteiger partial charge in [-0.15, -0.1) is 0 Å². The molecule has 7 heteroatoms. The van der Waals surface area contributed by atoms with Gasteiger partial charge in [-0.3, -0.25) is 0 Å². The lowest BCUT2D eigenvalue weighted by molar-refractivity contribution is 0.0602. The number of anilines is 1. The number of esters is 1. The molecule has 0 saturated carbocycles. The monoisotopic (exact) mass is 373 g/mol. The van der Waals surface area contributed by atoms with Crippen molar-refractivity contribution in [3.8, 4) is 5.75 Å². The molecule has 2 aromatic carbocycles. The smallest absolute Gasteiger partial charge is 0.340 e. The van der Waals surface area contributed by atoms with E-state index in [1.165, 1.54) is 7.11 Å². The Morgan fingerprint density at radius 3 is 2.52 bits per heavy atom. The van der Waals surface area contributed by atoms with Gasteiger partial charge in [0.25, 0.3) is 0 Å². The van der Waals surface area contributed by atoms with Gasteiger partial charge in [0.2, 0.25) is 0 Å². The highest BCUT2D eigenvalue weighted by atomic mass is 35.5. The van der Waals surface area contributed by atoms with Crippen LogP contribution in [-0.4, -0.2) is 26.2 Å². The summed E-state index contributed by atoms with van der Waals surface area (Å²) in [5, 5.41) is 4.58. The van der Waals surface area contributed by atoms with Gasteiger partial charge in [0.1, 0.15) is 12.4 Å². The van der Waals surface area contributed by atoms with Gasteiger partial charge < -0.3 is 14.8 Å². The van der Waals surface area contributed by atoms with Crippen LogP contribution < -0.4 is 10.1 Å². The lowest BCUT2D eigenvalue weighted by atomic mass is 10.2. The lowest BCUT2D eigenvalue weighted by Crippen LogP contribution is -2.14. The molecule has 0 bridgehead atoms. The number of ether oxygens (including phenoxy) is 2. The van der Waals surface area contributed by atoms with E-state index in [2.05, 4.69) is 5.32 Å². The van der Waals surface area contributed by atoms with Crippen molar-refractivity contribution in [2.45, 2.75) is 0 Å². The number of rotatable bonds is 6. The summed E-state index contributed by atoms with van der Waals surface area (Å²) < 4.78 is 10.3. The van der Waals surface area contributed by atoms with Crippen LogP contribution in [0.3, 0.4) is 0 Å². The lowest BCUT2D eigenvalue weighted by Gasteiger charge is -2.12. The van der Waals surface area contributed by atoms with Gasteiger partial charge in [0.05, 0.1) is 17.7 Å². The molecule has 2 rings (SSSR count). The van der Waals surface area contributed by atoms with Crippen LogP contribution in [-0.2, 0) is 4.74 Å². The molecule has 0 atom stereocenters. The second kappa shape index (κ2) is 8.29. The summed E-state index contributed by atoms with van der Waals surface area (Å²) >= 11 is 17.8. The maximum atomic E-state index is 11.7. The summed E-state index contributed by atoms with van der Waals surface area (Å²) in [6, 6.07) is 9.94. The molecule has 0 aliphatic heterocycles. The molecule has 0 unspecified atom stereocenters. The van der Waals surface area contributed by atoms with Crippen LogP contribution in [0.2, 0.25) is 15.1 Å². The first-order valence-electron chi connectivity index (χ1n) is 6.71. The number of hydrogen-bond donors (Lipinski definition) is 1. The second-order valence-electron chi connectivity index (χ2n) is 4.53. The van der Waals surface area contributed by atoms with Crippen molar-refractivity contribution in [2.24, 2.45) is 0 Å². The fourth-order valence-corrected chi connectivity index (χ4v) is 2.39. The molecular weight excluding hydrogens is 361 g/mol. The van der Waals surface area contributed by atoms with Gasteiger partial charge in [0.15, 0.2) is 0 Å². The molecule has 2 aromatic rings. The normalized spacial score (nSPS) is 10.3. The number of halogens is 3. The first-order valence-corrected chi connectivity index (χ1v) is 7.84. The van der Waals surface area contributed by atoms with Crippen molar-refractivity contribution in [1.82, 2.24) is 0 Å². The summed E-state index contributed by atoms with van der Waals surface area (Å²) in [5.41, 5.74) is 0.975. The molecule has 0 fully saturated rings. The van der Waals surface area contributed by atoms with Crippen molar-refractivity contribution < 1.29 is 14.3 Å². The van der Waals surface area contributed by atoms with Gasteiger partial charge in [-0.05, 0) is 30.3 Å². The van der Waals surface area contributed by atoms with Crippen LogP contribution in [0.1, 0.15) is 10.4 Å². The topological polar surface area (TPSA) is 47.6 Å². The zero-order chi connectivity index (χ0) is 16.8. The average Bonchev–Trinajstić information content (AvgIpc) is 2.54. The molecular formula is C16H14Cl3NO3. The first-order chi connectivity index (χ1) is 11.0. The fraction of sp³-hybridized carbons (Fsp3) is 0.188. The zero-order valence-electron chi connectivity index (χ0n) is 12.2. The predicted octanol–water partition coefficient (Wildman–Crippen LogP) is 4.92. The second-order valence-corrected chi connectivity index (χ2v) is 5.81. The molecule has 0 aliphatic rings. The molecule has 0 amide bonds. The largest absolute Gasteiger partial charge is 0.490 e. The van der Waals surface area contributed by atoms with Crippen molar-refractivity contribution in [2.75, 3.05) is 25.6 Å². The van der Waals surface area contributed by atoms with Crippen LogP contribution in [0, 0.1) is 0 Å². The quantitative estimate of drug-likeness (QED) is 0.575. The van der Waals surface area contributed by atoms with Crippen molar-refractivity contribution in [3.63, 3.8) is 0 Å². The maximum absolute atomic E-state index is 11.7. The minimum atomic E-state index is -0.464. The number of carbonyl (C=O) groups excluding carboxylic acids is 1. The third kappa shape index (κ3) is 4.93. The van der Waals surface area contributed by atoms with Crippen LogP contribution in [0.4, 0.5) is 5.69 Å². The molecule has 1 N–H and O–H groups in total. The van der Waals surface area contributed by atoms with Crippen molar-refractivity contribution in [1.29, 1.82) is 0 Å². The number of nitrogens with one attached hydrogen (secondary N) is 1. The number of hydrogen-bond acceptors (Lipinski definition) is 4. The van der Waals surface area contributed by atoms with Gasteiger partial charge in [-0.1, -0.05) is 34.8 Å². The van der Waals surface area contributed by atoms with E-state index in [9.17, 15) is 4.79 Å². The van der Waals surface area contributed by atoms with E-state index in [1.807, 2.05) is 0 Å². The Labute approximate surface area is 149 Å². The van der Waals surface area contributed by atoms with E-state index in [0.29, 0.717) is 45.2 Å². The van der Waals surface area contributed by atoms with Crippen molar-refractivity contribution >= 4 is 46.5 Å². The summed E-state index contributed by atoms with van der Waals surface area (Å²) in [7, 11) is 1.32. The Morgan fingerprint density at radius 2 is 1.78 bits per heavy atom. The highest BCUT2D eigenvalue weighted by Crippen LogP contribution is 2.27. The maximum Gasteiger partial charge on any atom is 0.340 e. The molecule has 0 aliphatic carbocycles. The standard InChI is InChI=1S/C16H14Cl3NO3/c1-22-16(21)12-8-10(17)3-5-14(12)20-6-7-23-15-9-11(18)2-4-13(15)19/h2-5,8-9,20H,6-7H2,1H3. The molecule has 0 aromatic heterocycles. The minimum absolute atomic E-state index is 0.337. The Bertz CT molecular complexity index is 707. The molecule has 4 nitrogen and oxygen atoms in total. The summed E-state index contributed by atoms with van der Waals surface area (Å²) in [6.07, 6.45) is 0. The van der Waals surface area contributed by atoms with E-state index in [4.69, 9.17) is 44.3 Å². The van der Waals surface area contributed by atoms with Gasteiger partial charge in [-0.25, -0.2) is 4.79 Å². The molecule has 0 spiro atoms. The minimum Gasteiger partial charge on any atom is -0.490 e. The number of methoxy groups -OCH3 is 1. The molecule has 122 valence electrons. The van der Waals surface area contributed by atoms with E-state index in [0.717, 1.165) is 0 Å². The predicted molar refractivity (Wildman–Crippen MR) is 93.2 cm³/mol. The zero-order valence-corrected chi connectivity index (χ0v) is 14.5. The van der Waals surface area contributed by atoms with Gasteiger partial charge >= 0.3 is 5.97 Å². The Kier molecular flexibility index (Phi) is 6.39. The van der Waals surface area contributed by atoms with Crippen LogP contribution in [0.5, 0.6) is 5.75 Å².